The van der Waals surface area contributed by atoms with Gasteiger partial charge in [-0.1, -0.05) is 42.7 Å². The highest BCUT2D eigenvalue weighted by molar-refractivity contribution is 8.04. The van der Waals surface area contributed by atoms with Crippen LogP contribution >= 0.6 is 0 Å². The van der Waals surface area contributed by atoms with Crippen molar-refractivity contribution >= 4 is 20.0 Å². The largest absolute Gasteiger partial charge is 0.512 e. The number of hydrogen-bond acceptors (Lipinski definition) is 4. The fraction of sp³-hybridized carbons (Fsp3) is 1.00. The molecule has 0 aromatic rings. The molecule has 0 rings (SSSR count). The molecule has 0 aliphatic carbocycles. The Labute approximate surface area is 130 Å². The minimum atomic E-state index is -6.65. The van der Waals surface area contributed by atoms with Gasteiger partial charge in [0.15, 0.2) is 0 Å². The number of unbranched alkanes of at least 4 members (excludes halogenated alkanes) is 5. The van der Waals surface area contributed by atoms with Crippen molar-refractivity contribution < 1.29 is 43.2 Å². The molecule has 0 radical (unpaired) electrons. The van der Waals surface area contributed by atoms with Crippen LogP contribution in [0.3, 0.4) is 0 Å². The summed E-state index contributed by atoms with van der Waals surface area (Å²) >= 11 is 0. The fourth-order valence-corrected chi connectivity index (χ4v) is 4.36. The molecule has 0 unspecified atom stereocenters. The minimum Gasteiger partial charge on any atom is -0.202 e. The molecular formula is C10H17F6NO4S2. The molecule has 0 atom stereocenters. The van der Waals surface area contributed by atoms with Crippen LogP contribution in [0.1, 0.15) is 45.4 Å². The molecule has 0 fully saturated rings. The van der Waals surface area contributed by atoms with E-state index in [0.29, 0.717) is 12.8 Å². The van der Waals surface area contributed by atoms with Gasteiger partial charge in [-0.3, -0.25) is 0 Å². The minimum absolute atomic E-state index is 0.108. The van der Waals surface area contributed by atoms with Gasteiger partial charge in [0.05, 0.1) is 0 Å². The molecule has 0 aliphatic rings. The SMILES string of the molecule is CCCCCCCCN(S(=O)(=O)C(F)(F)F)S(=O)(=O)C(F)(F)F. The number of alkyl halides is 6. The summed E-state index contributed by atoms with van der Waals surface area (Å²) in [4.78, 5) is 0. The number of sulfonamides is 2. The topological polar surface area (TPSA) is 71.5 Å². The second-order valence-corrected chi connectivity index (χ2v) is 8.60. The number of hydrogen-bond donors (Lipinski definition) is 0. The lowest BCUT2D eigenvalue weighted by Gasteiger charge is -2.23. The second-order valence-electron chi connectivity index (χ2n) is 4.67. The molecule has 0 spiro atoms. The first-order chi connectivity index (χ1) is 10.2. The van der Waals surface area contributed by atoms with Gasteiger partial charge in [-0.25, -0.2) is 16.8 Å². The highest BCUT2D eigenvalue weighted by Gasteiger charge is 2.61. The van der Waals surface area contributed by atoms with Crippen molar-refractivity contribution in [3.63, 3.8) is 0 Å². The normalized spacial score (nSPS) is 14.4. The van der Waals surface area contributed by atoms with Gasteiger partial charge in [0, 0.05) is 6.54 Å². The highest BCUT2D eigenvalue weighted by Crippen LogP contribution is 2.35. The average molecular weight is 393 g/mol. The van der Waals surface area contributed by atoms with Crippen molar-refractivity contribution in [2.75, 3.05) is 6.54 Å². The Morgan fingerprint density at radius 2 is 1.04 bits per heavy atom. The van der Waals surface area contributed by atoms with Gasteiger partial charge in [-0.2, -0.15) is 26.3 Å². The number of halogens is 6. The Balaban J connectivity index is 5.30. The lowest BCUT2D eigenvalue weighted by Crippen LogP contribution is -2.49. The van der Waals surface area contributed by atoms with Crippen molar-refractivity contribution in [2.24, 2.45) is 0 Å². The molecule has 0 N–H and O–H groups in total. The van der Waals surface area contributed by atoms with Crippen molar-refractivity contribution in [1.29, 1.82) is 0 Å². The average Bonchev–Trinajstić information content (AvgIpc) is 2.34. The van der Waals surface area contributed by atoms with Crippen LogP contribution in [0.2, 0.25) is 0 Å². The monoisotopic (exact) mass is 393 g/mol. The summed E-state index contributed by atoms with van der Waals surface area (Å²) in [5.74, 6) is 0. The quantitative estimate of drug-likeness (QED) is 0.445. The Morgan fingerprint density at radius 3 is 1.39 bits per heavy atom. The zero-order chi connectivity index (χ0) is 18.5. The van der Waals surface area contributed by atoms with Crippen molar-refractivity contribution in [1.82, 2.24) is 3.71 Å². The maximum atomic E-state index is 12.4. The van der Waals surface area contributed by atoms with Gasteiger partial charge in [0.2, 0.25) is 0 Å². The van der Waals surface area contributed by atoms with Crippen LogP contribution in [0.4, 0.5) is 26.3 Å². The van der Waals surface area contributed by atoms with Crippen LogP contribution in [0, 0.1) is 0 Å². The predicted molar refractivity (Wildman–Crippen MR) is 70.0 cm³/mol. The van der Waals surface area contributed by atoms with Crippen LogP contribution in [0.15, 0.2) is 0 Å². The van der Waals surface area contributed by atoms with Crippen LogP contribution in [-0.2, 0) is 20.0 Å². The standard InChI is InChI=1S/C10H17F6NO4S2/c1-2-3-4-5-6-7-8-17(22(18,19)9(11,12)13)23(20,21)10(14,15)16/h2-8H2,1H3. The van der Waals surface area contributed by atoms with Crippen LogP contribution in [0.25, 0.3) is 0 Å². The molecule has 0 saturated carbocycles. The summed E-state index contributed by atoms with van der Waals surface area (Å²) < 4.78 is 118. The van der Waals surface area contributed by atoms with E-state index < -0.39 is 47.7 Å². The zero-order valence-electron chi connectivity index (χ0n) is 12.1. The molecule has 0 aromatic carbocycles. The van der Waals surface area contributed by atoms with Crippen molar-refractivity contribution in [2.45, 2.75) is 56.5 Å². The first-order valence-corrected chi connectivity index (χ1v) is 9.48. The lowest BCUT2D eigenvalue weighted by atomic mass is 10.1. The summed E-state index contributed by atoms with van der Waals surface area (Å²) in [6.45, 7) is 0.476. The Hall–Kier alpha value is -0.560. The molecule has 13 heteroatoms. The maximum absolute atomic E-state index is 12.4. The maximum Gasteiger partial charge on any atom is 0.512 e. The third-order valence-electron chi connectivity index (χ3n) is 2.82. The van der Waals surface area contributed by atoms with E-state index in [1.807, 2.05) is 6.92 Å². The van der Waals surface area contributed by atoms with Crippen LogP contribution in [-0.4, -0.2) is 38.1 Å². The molecule has 140 valence electrons. The Bertz CT molecular complexity index is 523. The first kappa shape index (κ1) is 22.4. The molecule has 0 heterocycles. The number of rotatable bonds is 9. The van der Waals surface area contributed by atoms with E-state index in [1.54, 1.807) is 0 Å². The van der Waals surface area contributed by atoms with Crippen molar-refractivity contribution in [3.8, 4) is 0 Å². The van der Waals surface area contributed by atoms with Gasteiger partial charge in [-0.15, -0.1) is 0 Å². The summed E-state index contributed by atoms with van der Waals surface area (Å²) in [5, 5.41) is 0. The van der Waals surface area contributed by atoms with E-state index in [-0.39, 0.29) is 6.42 Å². The van der Waals surface area contributed by atoms with Gasteiger partial charge in [0.1, 0.15) is 0 Å². The second kappa shape index (κ2) is 8.01. The summed E-state index contributed by atoms with van der Waals surface area (Å²) in [5.41, 5.74) is -12.3. The first-order valence-electron chi connectivity index (χ1n) is 6.60. The predicted octanol–water partition coefficient (Wildman–Crippen LogP) is 3.35. The molecule has 23 heavy (non-hydrogen) atoms. The van der Waals surface area contributed by atoms with E-state index in [4.69, 9.17) is 0 Å². The number of nitrogens with zero attached hydrogens (tertiary/aromatic N) is 1. The molecular weight excluding hydrogens is 376 g/mol. The van der Waals surface area contributed by atoms with Gasteiger partial charge < -0.3 is 0 Å². The molecule has 0 bridgehead atoms. The highest BCUT2D eigenvalue weighted by atomic mass is 32.3. The van der Waals surface area contributed by atoms with Gasteiger partial charge in [-0.05, 0) is 6.42 Å². The Kier molecular flexibility index (Phi) is 7.82. The molecule has 0 aromatic heterocycles. The van der Waals surface area contributed by atoms with Crippen molar-refractivity contribution in [3.05, 3.63) is 0 Å². The summed E-state index contributed by atoms with van der Waals surface area (Å²) in [6.07, 6.45) is 2.42. The van der Waals surface area contributed by atoms with Crippen LogP contribution < -0.4 is 0 Å². The smallest absolute Gasteiger partial charge is 0.202 e. The van der Waals surface area contributed by atoms with E-state index in [0.717, 1.165) is 12.8 Å². The molecule has 0 aliphatic heterocycles. The third-order valence-corrected chi connectivity index (χ3v) is 6.60. The summed E-state index contributed by atoms with van der Waals surface area (Å²) in [7, 11) is -13.3. The third kappa shape index (κ3) is 5.78. The van der Waals surface area contributed by atoms with Gasteiger partial charge >= 0.3 is 31.1 Å². The van der Waals surface area contributed by atoms with E-state index in [1.165, 1.54) is 0 Å². The Morgan fingerprint density at radius 1 is 0.696 bits per heavy atom. The molecule has 0 saturated heterocycles. The van der Waals surface area contributed by atoms with Crippen LogP contribution in [0.5, 0.6) is 0 Å². The van der Waals surface area contributed by atoms with E-state index in [2.05, 4.69) is 0 Å². The van der Waals surface area contributed by atoms with Gasteiger partial charge in [0.25, 0.3) is 0 Å². The summed E-state index contributed by atoms with van der Waals surface area (Å²) in [6, 6.07) is 0. The van der Waals surface area contributed by atoms with E-state index in [9.17, 15) is 43.2 Å². The van der Waals surface area contributed by atoms with E-state index >= 15 is 0 Å². The lowest BCUT2D eigenvalue weighted by molar-refractivity contribution is -0.0531. The fourth-order valence-electron chi connectivity index (χ4n) is 1.62. The molecule has 5 nitrogen and oxygen atoms in total. The molecule has 0 amide bonds. The zero-order valence-corrected chi connectivity index (χ0v) is 13.7.